The number of rotatable bonds is 8. The molecule has 1 heterocycles. The molecular formula is C24H24N2O6. The minimum Gasteiger partial charge on any atom is -0.493 e. The molecule has 2 aromatic carbocycles. The van der Waals surface area contributed by atoms with Crippen LogP contribution in [-0.2, 0) is 16.1 Å². The fourth-order valence-electron chi connectivity index (χ4n) is 3.51. The van der Waals surface area contributed by atoms with E-state index in [1.54, 1.807) is 43.3 Å². The van der Waals surface area contributed by atoms with Crippen LogP contribution in [0, 0.1) is 0 Å². The molecule has 0 aromatic heterocycles. The van der Waals surface area contributed by atoms with Crippen molar-refractivity contribution < 1.29 is 28.7 Å². The van der Waals surface area contributed by atoms with Gasteiger partial charge in [0.15, 0.2) is 6.10 Å². The molecule has 1 fully saturated rings. The zero-order chi connectivity index (χ0) is 22.8. The summed E-state index contributed by atoms with van der Waals surface area (Å²) in [5.74, 6) is -1.52. The Bertz CT molecular complexity index is 1060. The summed E-state index contributed by atoms with van der Waals surface area (Å²) in [6.45, 7) is 3.62. The lowest BCUT2D eigenvalue weighted by Crippen LogP contribution is -2.37. The van der Waals surface area contributed by atoms with E-state index >= 15 is 0 Å². The molecule has 166 valence electrons. The predicted octanol–water partition coefficient (Wildman–Crippen LogP) is 2.71. The molecule has 0 saturated heterocycles. The van der Waals surface area contributed by atoms with E-state index in [9.17, 15) is 19.2 Å². The molecule has 1 aliphatic carbocycles. The molecule has 4 rings (SSSR count). The molecule has 3 amide bonds. The van der Waals surface area contributed by atoms with Gasteiger partial charge in [-0.2, -0.15) is 0 Å². The summed E-state index contributed by atoms with van der Waals surface area (Å²) in [6, 6.07) is 11.6. The lowest BCUT2D eigenvalue weighted by Gasteiger charge is -2.17. The van der Waals surface area contributed by atoms with Gasteiger partial charge in [0, 0.05) is 6.04 Å². The van der Waals surface area contributed by atoms with Gasteiger partial charge in [0.2, 0.25) is 0 Å². The fourth-order valence-corrected chi connectivity index (χ4v) is 3.51. The van der Waals surface area contributed by atoms with Crippen LogP contribution in [0.15, 0.2) is 42.5 Å². The first-order valence-electron chi connectivity index (χ1n) is 10.6. The van der Waals surface area contributed by atoms with Crippen LogP contribution in [0.4, 0.5) is 0 Å². The largest absolute Gasteiger partial charge is 0.493 e. The number of ether oxygens (including phenoxy) is 2. The van der Waals surface area contributed by atoms with Crippen molar-refractivity contribution >= 4 is 23.7 Å². The van der Waals surface area contributed by atoms with Crippen LogP contribution >= 0.6 is 0 Å². The van der Waals surface area contributed by atoms with Crippen LogP contribution in [0.2, 0.25) is 0 Å². The lowest BCUT2D eigenvalue weighted by molar-refractivity contribution is -0.129. The minimum atomic E-state index is -0.961. The average molecular weight is 436 g/mol. The van der Waals surface area contributed by atoms with E-state index in [0.29, 0.717) is 29.0 Å². The van der Waals surface area contributed by atoms with Gasteiger partial charge in [-0.3, -0.25) is 19.3 Å². The van der Waals surface area contributed by atoms with Gasteiger partial charge in [-0.05, 0) is 56.5 Å². The maximum atomic E-state index is 12.8. The van der Waals surface area contributed by atoms with Crippen LogP contribution in [0.25, 0.3) is 0 Å². The fraction of sp³-hybridized carbons (Fsp3) is 0.333. The second-order valence-electron chi connectivity index (χ2n) is 7.84. The highest BCUT2D eigenvalue weighted by Crippen LogP contribution is 2.27. The second-order valence-corrected chi connectivity index (χ2v) is 7.84. The highest BCUT2D eigenvalue weighted by atomic mass is 16.5. The molecule has 1 atom stereocenters. The molecule has 1 aliphatic heterocycles. The summed E-state index contributed by atoms with van der Waals surface area (Å²) in [5, 5.41) is 2.80. The number of nitrogens with one attached hydrogen (secondary N) is 1. The molecule has 1 unspecified atom stereocenters. The Hall–Kier alpha value is -3.68. The monoisotopic (exact) mass is 436 g/mol. The van der Waals surface area contributed by atoms with Crippen molar-refractivity contribution in [1.29, 1.82) is 0 Å². The van der Waals surface area contributed by atoms with E-state index < -0.39 is 12.1 Å². The van der Waals surface area contributed by atoms with Crippen molar-refractivity contribution in [2.45, 2.75) is 45.4 Å². The quantitative estimate of drug-likeness (QED) is 0.504. The number of hydrogen-bond acceptors (Lipinski definition) is 6. The summed E-state index contributed by atoms with van der Waals surface area (Å²) >= 11 is 0. The van der Waals surface area contributed by atoms with E-state index in [1.165, 1.54) is 13.0 Å². The first kappa shape index (κ1) is 21.5. The normalized spacial score (nSPS) is 15.9. The van der Waals surface area contributed by atoms with Crippen LogP contribution in [0.5, 0.6) is 5.75 Å². The van der Waals surface area contributed by atoms with Gasteiger partial charge in [0.25, 0.3) is 17.7 Å². The molecule has 1 saturated carbocycles. The summed E-state index contributed by atoms with van der Waals surface area (Å²) in [6.07, 6.45) is 0.902. The molecule has 2 aliphatic rings. The summed E-state index contributed by atoms with van der Waals surface area (Å²) in [7, 11) is 0. The lowest BCUT2D eigenvalue weighted by atomic mass is 10.1. The third kappa shape index (κ3) is 4.34. The Balaban J connectivity index is 1.53. The Labute approximate surface area is 185 Å². The standard InChI is InChI=1S/C24H24N2O6/c1-3-31-20-11-8-15(13-26-22(28)17-6-4-5-7-18(17)23(26)29)12-19(20)24(30)32-14(2)21(27)25-16-9-10-16/h4-8,11-12,14,16H,3,9-10,13H2,1-2H3,(H,25,27). The molecule has 32 heavy (non-hydrogen) atoms. The van der Waals surface area contributed by atoms with E-state index in [0.717, 1.165) is 17.7 Å². The number of imide groups is 1. The molecule has 0 bridgehead atoms. The first-order chi connectivity index (χ1) is 15.4. The summed E-state index contributed by atoms with van der Waals surface area (Å²) in [4.78, 5) is 51.4. The topological polar surface area (TPSA) is 102 Å². The van der Waals surface area contributed by atoms with Gasteiger partial charge < -0.3 is 14.8 Å². The van der Waals surface area contributed by atoms with Crippen molar-refractivity contribution in [2.75, 3.05) is 6.61 Å². The molecule has 2 aromatic rings. The SMILES string of the molecule is CCOc1ccc(CN2C(=O)c3ccccc3C2=O)cc1C(=O)OC(C)C(=O)NC1CC1. The molecule has 8 heteroatoms. The highest BCUT2D eigenvalue weighted by molar-refractivity contribution is 6.21. The Kier molecular flexibility index (Phi) is 5.94. The zero-order valence-corrected chi connectivity index (χ0v) is 17.9. The van der Waals surface area contributed by atoms with Crippen molar-refractivity contribution in [1.82, 2.24) is 10.2 Å². The van der Waals surface area contributed by atoms with E-state index in [1.807, 2.05) is 0 Å². The second kappa shape index (κ2) is 8.82. The van der Waals surface area contributed by atoms with Crippen molar-refractivity contribution in [3.63, 3.8) is 0 Å². The Morgan fingerprint density at radius 3 is 2.34 bits per heavy atom. The number of nitrogens with zero attached hydrogens (tertiary/aromatic N) is 1. The number of benzene rings is 2. The number of fused-ring (bicyclic) bond motifs is 1. The number of hydrogen-bond donors (Lipinski definition) is 1. The van der Waals surface area contributed by atoms with Gasteiger partial charge in [0.1, 0.15) is 11.3 Å². The van der Waals surface area contributed by atoms with E-state index in [4.69, 9.17) is 9.47 Å². The van der Waals surface area contributed by atoms with Gasteiger partial charge in [-0.25, -0.2) is 4.79 Å². The van der Waals surface area contributed by atoms with Gasteiger partial charge >= 0.3 is 5.97 Å². The van der Waals surface area contributed by atoms with Crippen LogP contribution < -0.4 is 10.1 Å². The van der Waals surface area contributed by atoms with E-state index in [2.05, 4.69) is 5.32 Å². The maximum absolute atomic E-state index is 12.8. The smallest absolute Gasteiger partial charge is 0.342 e. The molecular weight excluding hydrogens is 412 g/mol. The van der Waals surface area contributed by atoms with Crippen LogP contribution in [-0.4, -0.2) is 47.3 Å². The van der Waals surface area contributed by atoms with Gasteiger partial charge in [-0.1, -0.05) is 18.2 Å². The van der Waals surface area contributed by atoms with Crippen molar-refractivity contribution in [3.05, 3.63) is 64.7 Å². The van der Waals surface area contributed by atoms with Gasteiger partial charge in [-0.15, -0.1) is 0 Å². The summed E-state index contributed by atoms with van der Waals surface area (Å²) < 4.78 is 10.9. The van der Waals surface area contributed by atoms with Crippen LogP contribution in [0.1, 0.15) is 63.3 Å². The first-order valence-corrected chi connectivity index (χ1v) is 10.6. The number of amides is 3. The number of esters is 1. The van der Waals surface area contributed by atoms with Crippen molar-refractivity contribution in [3.8, 4) is 5.75 Å². The molecule has 8 nitrogen and oxygen atoms in total. The molecule has 0 radical (unpaired) electrons. The maximum Gasteiger partial charge on any atom is 0.342 e. The third-order valence-corrected chi connectivity index (χ3v) is 5.36. The average Bonchev–Trinajstić information content (AvgIpc) is 3.57. The predicted molar refractivity (Wildman–Crippen MR) is 114 cm³/mol. The Morgan fingerprint density at radius 1 is 1.09 bits per heavy atom. The Morgan fingerprint density at radius 2 is 1.75 bits per heavy atom. The highest BCUT2D eigenvalue weighted by Gasteiger charge is 2.35. The number of carbonyl (C=O) groups is 4. The summed E-state index contributed by atoms with van der Waals surface area (Å²) in [5.41, 5.74) is 1.41. The third-order valence-electron chi connectivity index (χ3n) is 5.36. The van der Waals surface area contributed by atoms with Crippen LogP contribution in [0.3, 0.4) is 0 Å². The van der Waals surface area contributed by atoms with Crippen molar-refractivity contribution in [2.24, 2.45) is 0 Å². The molecule has 1 N–H and O–H groups in total. The zero-order valence-electron chi connectivity index (χ0n) is 17.9. The van der Waals surface area contributed by atoms with Gasteiger partial charge in [0.05, 0.1) is 24.3 Å². The van der Waals surface area contributed by atoms with E-state index in [-0.39, 0.29) is 35.9 Å². The number of carbonyl (C=O) groups excluding carboxylic acids is 4. The minimum absolute atomic E-state index is 0.00322. The molecule has 0 spiro atoms.